The zero-order valence-corrected chi connectivity index (χ0v) is 12.7. The van der Waals surface area contributed by atoms with Crippen LogP contribution in [0.1, 0.15) is 17.7 Å². The molecular weight excluding hydrogens is 296 g/mol. The maximum Gasteiger partial charge on any atom is 0.248 e. The molecule has 0 unspecified atom stereocenters. The van der Waals surface area contributed by atoms with E-state index in [4.69, 9.17) is 0 Å². The van der Waals surface area contributed by atoms with Crippen LogP contribution >= 0.6 is 11.3 Å². The molecule has 1 aromatic heterocycles. The van der Waals surface area contributed by atoms with Gasteiger partial charge in [-0.05, 0) is 48.6 Å². The number of nitrogens with one attached hydrogen (secondary N) is 2. The maximum absolute atomic E-state index is 11.9. The second-order valence-electron chi connectivity index (χ2n) is 5.18. The third kappa shape index (κ3) is 4.05. The molecule has 2 N–H and O–H groups in total. The fraction of sp³-hybridized carbons (Fsp3) is 0.176. The second kappa shape index (κ2) is 6.58. The Morgan fingerprint density at radius 1 is 1.09 bits per heavy atom. The molecule has 2 aromatic rings. The summed E-state index contributed by atoms with van der Waals surface area (Å²) in [6.45, 7) is 0. The average molecular weight is 312 g/mol. The Hall–Kier alpha value is -2.40. The number of rotatable bonds is 5. The van der Waals surface area contributed by atoms with Gasteiger partial charge in [-0.25, -0.2) is 0 Å². The van der Waals surface area contributed by atoms with E-state index in [2.05, 4.69) is 10.6 Å². The molecule has 5 heteroatoms. The van der Waals surface area contributed by atoms with Gasteiger partial charge in [-0.15, -0.1) is 11.3 Å². The lowest BCUT2D eigenvalue weighted by molar-refractivity contribution is -0.117. The predicted octanol–water partition coefficient (Wildman–Crippen LogP) is 3.75. The maximum atomic E-state index is 11.9. The number of amides is 2. The van der Waals surface area contributed by atoms with Crippen molar-refractivity contribution in [1.82, 2.24) is 0 Å². The molecule has 1 aromatic carbocycles. The van der Waals surface area contributed by atoms with Gasteiger partial charge in [-0.3, -0.25) is 9.59 Å². The molecule has 1 fully saturated rings. The summed E-state index contributed by atoms with van der Waals surface area (Å²) < 4.78 is 0. The summed E-state index contributed by atoms with van der Waals surface area (Å²) in [4.78, 5) is 24.6. The van der Waals surface area contributed by atoms with Crippen LogP contribution in [-0.4, -0.2) is 11.8 Å². The first-order valence-corrected chi connectivity index (χ1v) is 8.02. The summed E-state index contributed by atoms with van der Waals surface area (Å²) in [5.74, 6) is 0.0205. The summed E-state index contributed by atoms with van der Waals surface area (Å²) in [6, 6.07) is 11.1. The molecule has 0 saturated heterocycles. The van der Waals surface area contributed by atoms with Crippen LogP contribution in [0, 0.1) is 5.92 Å². The van der Waals surface area contributed by atoms with Crippen molar-refractivity contribution in [2.24, 2.45) is 5.92 Å². The molecule has 3 rings (SSSR count). The summed E-state index contributed by atoms with van der Waals surface area (Å²) >= 11 is 1.57. The van der Waals surface area contributed by atoms with E-state index in [1.807, 2.05) is 23.6 Å². The van der Waals surface area contributed by atoms with Crippen molar-refractivity contribution >= 4 is 40.6 Å². The molecule has 1 aliphatic carbocycles. The normalized spacial score (nSPS) is 14.0. The predicted molar refractivity (Wildman–Crippen MR) is 89.8 cm³/mol. The van der Waals surface area contributed by atoms with E-state index in [1.54, 1.807) is 35.6 Å². The van der Waals surface area contributed by atoms with Crippen LogP contribution < -0.4 is 10.6 Å². The third-order valence-corrected chi connectivity index (χ3v) is 4.13. The van der Waals surface area contributed by atoms with Crippen LogP contribution in [0.2, 0.25) is 0 Å². The van der Waals surface area contributed by atoms with Crippen molar-refractivity contribution in [3.05, 3.63) is 52.7 Å². The van der Waals surface area contributed by atoms with Crippen molar-refractivity contribution in [2.75, 3.05) is 10.6 Å². The number of hydrogen-bond acceptors (Lipinski definition) is 3. The highest BCUT2D eigenvalue weighted by atomic mass is 32.1. The van der Waals surface area contributed by atoms with Gasteiger partial charge in [0.25, 0.3) is 0 Å². The lowest BCUT2D eigenvalue weighted by Gasteiger charge is -2.07. The van der Waals surface area contributed by atoms with Gasteiger partial charge in [-0.2, -0.15) is 0 Å². The van der Waals surface area contributed by atoms with Crippen LogP contribution in [0.5, 0.6) is 0 Å². The van der Waals surface area contributed by atoms with Crippen molar-refractivity contribution in [1.29, 1.82) is 0 Å². The Balaban J connectivity index is 1.59. The lowest BCUT2D eigenvalue weighted by atomic mass is 10.2. The standard InChI is InChI=1S/C17H16N2O2S/c20-16(9-8-15-5-2-10-22-15)18-13-3-1-4-14(11-13)19-17(21)12-6-7-12/h1-5,8-12H,6-7H2,(H,18,20)(H,19,21)/b9-8+. The topological polar surface area (TPSA) is 58.2 Å². The summed E-state index contributed by atoms with van der Waals surface area (Å²) in [6.07, 6.45) is 5.21. The SMILES string of the molecule is O=C(/C=C/c1cccs1)Nc1cccc(NC(=O)C2CC2)c1. The van der Waals surface area contributed by atoms with Gasteiger partial charge in [0.2, 0.25) is 11.8 Å². The van der Waals surface area contributed by atoms with Gasteiger partial charge in [0.15, 0.2) is 0 Å². The molecule has 1 heterocycles. The number of anilines is 2. The van der Waals surface area contributed by atoms with Gasteiger partial charge in [0, 0.05) is 28.2 Å². The Kier molecular flexibility index (Phi) is 4.34. The highest BCUT2D eigenvalue weighted by Crippen LogP contribution is 2.30. The largest absolute Gasteiger partial charge is 0.326 e. The Bertz CT molecular complexity index is 703. The third-order valence-electron chi connectivity index (χ3n) is 3.29. The van der Waals surface area contributed by atoms with Crippen molar-refractivity contribution < 1.29 is 9.59 Å². The second-order valence-corrected chi connectivity index (χ2v) is 6.16. The zero-order valence-electron chi connectivity index (χ0n) is 11.9. The molecular formula is C17H16N2O2S. The monoisotopic (exact) mass is 312 g/mol. The van der Waals surface area contributed by atoms with E-state index in [9.17, 15) is 9.59 Å². The van der Waals surface area contributed by atoms with Crippen LogP contribution in [0.4, 0.5) is 11.4 Å². The molecule has 2 amide bonds. The Morgan fingerprint density at radius 2 is 1.86 bits per heavy atom. The Morgan fingerprint density at radius 3 is 2.55 bits per heavy atom. The first kappa shape index (κ1) is 14.5. The van der Waals surface area contributed by atoms with E-state index in [-0.39, 0.29) is 17.7 Å². The quantitative estimate of drug-likeness (QED) is 0.826. The number of thiophene rings is 1. The molecule has 0 bridgehead atoms. The van der Waals surface area contributed by atoms with Gasteiger partial charge >= 0.3 is 0 Å². The van der Waals surface area contributed by atoms with Crippen LogP contribution in [0.3, 0.4) is 0 Å². The lowest BCUT2D eigenvalue weighted by Crippen LogP contribution is -2.14. The minimum Gasteiger partial charge on any atom is -0.326 e. The molecule has 0 radical (unpaired) electrons. The van der Waals surface area contributed by atoms with Gasteiger partial charge in [0.1, 0.15) is 0 Å². The van der Waals surface area contributed by atoms with Crippen LogP contribution in [-0.2, 0) is 9.59 Å². The summed E-state index contributed by atoms with van der Waals surface area (Å²) in [7, 11) is 0. The molecule has 4 nitrogen and oxygen atoms in total. The molecule has 0 atom stereocenters. The number of carbonyl (C=O) groups is 2. The highest BCUT2D eigenvalue weighted by molar-refractivity contribution is 7.10. The first-order valence-electron chi connectivity index (χ1n) is 7.14. The first-order chi connectivity index (χ1) is 10.7. The minimum absolute atomic E-state index is 0.0565. The summed E-state index contributed by atoms with van der Waals surface area (Å²) in [5, 5.41) is 7.62. The fourth-order valence-corrected chi connectivity index (χ4v) is 2.61. The zero-order chi connectivity index (χ0) is 15.4. The number of hydrogen-bond donors (Lipinski definition) is 2. The van der Waals surface area contributed by atoms with Crippen LogP contribution in [0.15, 0.2) is 47.9 Å². The van der Waals surface area contributed by atoms with E-state index in [0.717, 1.165) is 17.7 Å². The molecule has 112 valence electrons. The number of benzene rings is 1. The van der Waals surface area contributed by atoms with Crippen LogP contribution in [0.25, 0.3) is 6.08 Å². The van der Waals surface area contributed by atoms with E-state index in [0.29, 0.717) is 11.4 Å². The van der Waals surface area contributed by atoms with Crippen molar-refractivity contribution in [3.8, 4) is 0 Å². The van der Waals surface area contributed by atoms with Gasteiger partial charge in [0.05, 0.1) is 0 Å². The molecule has 0 spiro atoms. The highest BCUT2D eigenvalue weighted by Gasteiger charge is 2.29. The summed E-state index contributed by atoms with van der Waals surface area (Å²) in [5.41, 5.74) is 1.37. The molecule has 1 aliphatic rings. The average Bonchev–Trinajstić information content (AvgIpc) is 3.23. The van der Waals surface area contributed by atoms with Crippen molar-refractivity contribution in [3.63, 3.8) is 0 Å². The van der Waals surface area contributed by atoms with E-state index in [1.165, 1.54) is 6.08 Å². The Labute approximate surface area is 132 Å². The fourth-order valence-electron chi connectivity index (χ4n) is 1.99. The molecule has 22 heavy (non-hydrogen) atoms. The minimum atomic E-state index is -0.195. The molecule has 0 aliphatic heterocycles. The number of carbonyl (C=O) groups excluding carboxylic acids is 2. The van der Waals surface area contributed by atoms with Gasteiger partial charge in [-0.1, -0.05) is 12.1 Å². The van der Waals surface area contributed by atoms with Crippen molar-refractivity contribution in [2.45, 2.75) is 12.8 Å². The smallest absolute Gasteiger partial charge is 0.248 e. The van der Waals surface area contributed by atoms with Gasteiger partial charge < -0.3 is 10.6 Å². The molecule has 1 saturated carbocycles. The van der Waals surface area contributed by atoms with E-state index >= 15 is 0 Å². The van der Waals surface area contributed by atoms with E-state index < -0.39 is 0 Å².